The van der Waals surface area contributed by atoms with Crippen molar-refractivity contribution in [3.63, 3.8) is 0 Å². The molecule has 0 bridgehead atoms. The minimum absolute atomic E-state index is 0.446. The molecule has 0 atom stereocenters. The summed E-state index contributed by atoms with van der Waals surface area (Å²) >= 11 is 11.4. The summed E-state index contributed by atoms with van der Waals surface area (Å²) in [6, 6.07) is 20.1. The quantitative estimate of drug-likeness (QED) is 0.314. The molecule has 144 valence electrons. The largest absolute Gasteiger partial charge is 0.342 e. The van der Waals surface area contributed by atoms with Crippen molar-refractivity contribution in [3.05, 3.63) is 88.7 Å². The van der Waals surface area contributed by atoms with Gasteiger partial charge in [-0.25, -0.2) is 0 Å². The Morgan fingerprint density at radius 1 is 1.14 bits per heavy atom. The fourth-order valence-electron chi connectivity index (χ4n) is 2.79. The molecule has 0 radical (unpaired) electrons. The predicted octanol–water partition coefficient (Wildman–Crippen LogP) is 5.63. The normalized spacial score (nSPS) is 11.1. The van der Waals surface area contributed by atoms with Crippen molar-refractivity contribution in [2.24, 2.45) is 5.10 Å². The Labute approximate surface area is 176 Å². The molecule has 0 aliphatic heterocycles. The van der Waals surface area contributed by atoms with Crippen LogP contribution < -0.4 is 10.7 Å². The van der Waals surface area contributed by atoms with Crippen LogP contribution in [0.5, 0.6) is 0 Å². The molecule has 2 N–H and O–H groups in total. The first-order valence-corrected chi connectivity index (χ1v) is 9.89. The number of hydrogen-bond acceptors (Lipinski definition) is 2. The van der Waals surface area contributed by atoms with E-state index in [0.29, 0.717) is 11.0 Å². The van der Waals surface area contributed by atoms with Crippen molar-refractivity contribution in [3.8, 4) is 0 Å². The highest BCUT2D eigenvalue weighted by atomic mass is 35.5. The summed E-state index contributed by atoms with van der Waals surface area (Å²) in [5.41, 5.74) is 7.19. The zero-order valence-corrected chi connectivity index (χ0v) is 17.5. The molecule has 0 saturated heterocycles. The SMILES string of the molecule is CC(C)c1ccc(NC(=S)N/N=C\c2cccn2Cc2cccc(Cl)c2)cc1. The van der Waals surface area contributed by atoms with E-state index in [4.69, 9.17) is 23.8 Å². The third kappa shape index (κ3) is 5.68. The van der Waals surface area contributed by atoms with Crippen LogP contribution in [0.1, 0.15) is 36.6 Å². The molecule has 0 fully saturated rings. The van der Waals surface area contributed by atoms with Crippen molar-refractivity contribution >= 4 is 40.8 Å². The Morgan fingerprint density at radius 3 is 2.64 bits per heavy atom. The molecule has 0 aliphatic rings. The van der Waals surface area contributed by atoms with Crippen LogP contribution in [0.25, 0.3) is 0 Å². The molecule has 0 aliphatic carbocycles. The van der Waals surface area contributed by atoms with Crippen LogP contribution in [0.3, 0.4) is 0 Å². The van der Waals surface area contributed by atoms with E-state index in [9.17, 15) is 0 Å². The van der Waals surface area contributed by atoms with Crippen molar-refractivity contribution in [2.75, 3.05) is 5.32 Å². The second kappa shape index (κ2) is 9.53. The molecular weight excluding hydrogens is 388 g/mol. The molecule has 6 heteroatoms. The van der Waals surface area contributed by atoms with Gasteiger partial charge in [-0.15, -0.1) is 0 Å². The summed E-state index contributed by atoms with van der Waals surface area (Å²) in [4.78, 5) is 0. The van der Waals surface area contributed by atoms with Crippen LogP contribution in [0.2, 0.25) is 5.02 Å². The van der Waals surface area contributed by atoms with Gasteiger partial charge < -0.3 is 9.88 Å². The number of nitrogens with zero attached hydrogens (tertiary/aromatic N) is 2. The molecule has 2 aromatic carbocycles. The first-order chi connectivity index (χ1) is 13.5. The van der Waals surface area contributed by atoms with E-state index in [0.717, 1.165) is 28.5 Å². The van der Waals surface area contributed by atoms with Crippen LogP contribution in [0.15, 0.2) is 72.0 Å². The number of hydrazone groups is 1. The lowest BCUT2D eigenvalue weighted by Crippen LogP contribution is -2.24. The standard InChI is InChI=1S/C22H23ClN4S/c1-16(2)18-8-10-20(11-9-18)25-22(28)26-24-14-21-7-4-12-27(21)15-17-5-3-6-19(23)13-17/h3-14,16H,15H2,1-2H3,(H2,25,26,28)/b24-14-. The second-order valence-corrected chi connectivity index (χ2v) is 7.64. The van der Waals surface area contributed by atoms with Gasteiger partial charge in [0.1, 0.15) is 0 Å². The van der Waals surface area contributed by atoms with Crippen LogP contribution in [0.4, 0.5) is 5.69 Å². The number of nitrogens with one attached hydrogen (secondary N) is 2. The lowest BCUT2D eigenvalue weighted by molar-refractivity contribution is 0.799. The van der Waals surface area contributed by atoms with E-state index in [-0.39, 0.29) is 0 Å². The molecular formula is C22H23ClN4S. The van der Waals surface area contributed by atoms with Gasteiger partial charge in [-0.05, 0) is 65.7 Å². The minimum atomic E-state index is 0.446. The molecule has 0 unspecified atom stereocenters. The van der Waals surface area contributed by atoms with Crippen LogP contribution in [-0.2, 0) is 6.54 Å². The van der Waals surface area contributed by atoms with Gasteiger partial charge in [-0.1, -0.05) is 49.7 Å². The Balaban J connectivity index is 1.56. The molecule has 0 amide bonds. The van der Waals surface area contributed by atoms with Crippen molar-refractivity contribution in [1.29, 1.82) is 0 Å². The van der Waals surface area contributed by atoms with Crippen molar-refractivity contribution in [1.82, 2.24) is 9.99 Å². The smallest absolute Gasteiger partial charge is 0.191 e. The van der Waals surface area contributed by atoms with Gasteiger partial charge in [-0.2, -0.15) is 5.10 Å². The third-order valence-corrected chi connectivity index (χ3v) is 4.73. The topological polar surface area (TPSA) is 41.4 Å². The number of halogens is 1. The summed E-state index contributed by atoms with van der Waals surface area (Å²) in [6.45, 7) is 5.07. The van der Waals surface area contributed by atoms with Gasteiger partial charge in [0.15, 0.2) is 5.11 Å². The molecule has 28 heavy (non-hydrogen) atoms. The molecule has 3 rings (SSSR count). The highest BCUT2D eigenvalue weighted by Crippen LogP contribution is 2.17. The van der Waals surface area contributed by atoms with Gasteiger partial charge in [0.25, 0.3) is 0 Å². The fraction of sp³-hybridized carbons (Fsp3) is 0.182. The number of anilines is 1. The average molecular weight is 411 g/mol. The highest BCUT2D eigenvalue weighted by Gasteiger charge is 2.02. The van der Waals surface area contributed by atoms with Crippen LogP contribution in [-0.4, -0.2) is 15.9 Å². The van der Waals surface area contributed by atoms with E-state index >= 15 is 0 Å². The van der Waals surface area contributed by atoms with Gasteiger partial charge in [-0.3, -0.25) is 5.43 Å². The summed E-state index contributed by atoms with van der Waals surface area (Å²) in [7, 11) is 0. The Kier molecular flexibility index (Phi) is 6.85. The lowest BCUT2D eigenvalue weighted by atomic mass is 10.0. The Morgan fingerprint density at radius 2 is 1.93 bits per heavy atom. The third-order valence-electron chi connectivity index (χ3n) is 4.30. The maximum Gasteiger partial charge on any atom is 0.191 e. The molecule has 3 aromatic rings. The number of thiocarbonyl (C=S) groups is 1. The molecule has 0 spiro atoms. The fourth-order valence-corrected chi connectivity index (χ4v) is 3.17. The number of aromatic nitrogens is 1. The molecule has 1 aromatic heterocycles. The van der Waals surface area contributed by atoms with Gasteiger partial charge in [0.05, 0.1) is 11.9 Å². The first kappa shape index (κ1) is 20.1. The molecule has 1 heterocycles. The van der Waals surface area contributed by atoms with Crippen molar-refractivity contribution < 1.29 is 0 Å². The average Bonchev–Trinajstić information content (AvgIpc) is 3.09. The maximum absolute atomic E-state index is 6.07. The van der Waals surface area contributed by atoms with Crippen LogP contribution >= 0.6 is 23.8 Å². The zero-order chi connectivity index (χ0) is 19.9. The predicted molar refractivity (Wildman–Crippen MR) is 122 cm³/mol. The number of rotatable bonds is 6. The van der Waals surface area contributed by atoms with E-state index in [2.05, 4.69) is 52.5 Å². The monoisotopic (exact) mass is 410 g/mol. The number of hydrogen-bond donors (Lipinski definition) is 2. The zero-order valence-electron chi connectivity index (χ0n) is 15.9. The van der Waals surface area contributed by atoms with E-state index in [1.807, 2.05) is 48.7 Å². The Bertz CT molecular complexity index is 961. The van der Waals surface area contributed by atoms with Gasteiger partial charge >= 0.3 is 0 Å². The van der Waals surface area contributed by atoms with E-state index in [1.165, 1.54) is 5.56 Å². The highest BCUT2D eigenvalue weighted by molar-refractivity contribution is 7.80. The second-order valence-electron chi connectivity index (χ2n) is 6.79. The summed E-state index contributed by atoms with van der Waals surface area (Å²) in [6.07, 6.45) is 3.76. The van der Waals surface area contributed by atoms with Gasteiger partial charge in [0, 0.05) is 23.5 Å². The minimum Gasteiger partial charge on any atom is -0.342 e. The van der Waals surface area contributed by atoms with Crippen molar-refractivity contribution in [2.45, 2.75) is 26.3 Å². The Hall–Kier alpha value is -2.63. The summed E-state index contributed by atoms with van der Waals surface area (Å²) in [5.74, 6) is 0.506. The summed E-state index contributed by atoms with van der Waals surface area (Å²) in [5, 5.41) is 8.57. The lowest BCUT2D eigenvalue weighted by Gasteiger charge is -2.10. The van der Waals surface area contributed by atoms with E-state index in [1.54, 1.807) is 6.21 Å². The summed E-state index contributed by atoms with van der Waals surface area (Å²) < 4.78 is 2.10. The molecule has 0 saturated carbocycles. The first-order valence-electron chi connectivity index (χ1n) is 9.11. The van der Waals surface area contributed by atoms with Gasteiger partial charge in [0.2, 0.25) is 0 Å². The van der Waals surface area contributed by atoms with E-state index < -0.39 is 0 Å². The molecule has 4 nitrogen and oxygen atoms in total. The maximum atomic E-state index is 6.07. The van der Waals surface area contributed by atoms with Crippen LogP contribution in [0, 0.1) is 0 Å². The number of benzene rings is 2.